The van der Waals surface area contributed by atoms with Crippen LogP contribution in [0.25, 0.3) is 0 Å². The van der Waals surface area contributed by atoms with Crippen molar-refractivity contribution in [1.29, 1.82) is 0 Å². The van der Waals surface area contributed by atoms with E-state index in [2.05, 4.69) is 34.6 Å². The number of carbonyl (C=O) groups excluding carboxylic acids is 1. The monoisotopic (exact) mass is 213 g/mol. The SMILES string of the molecule is C=CC(=O)Cl.CC[N+](C)(C)C.[Cl-]. The molecule has 0 aromatic carbocycles. The van der Waals surface area contributed by atoms with Crippen molar-refractivity contribution < 1.29 is 21.7 Å². The molecule has 2 nitrogen and oxygen atoms in total. The van der Waals surface area contributed by atoms with Gasteiger partial charge < -0.3 is 16.9 Å². The molecule has 12 heavy (non-hydrogen) atoms. The van der Waals surface area contributed by atoms with E-state index in [-0.39, 0.29) is 12.4 Å². The van der Waals surface area contributed by atoms with Gasteiger partial charge in [0.25, 0.3) is 0 Å². The van der Waals surface area contributed by atoms with Crippen molar-refractivity contribution in [3.05, 3.63) is 12.7 Å². The van der Waals surface area contributed by atoms with Crippen LogP contribution in [0, 0.1) is 0 Å². The minimum Gasteiger partial charge on any atom is -1.00 e. The number of allylic oxidation sites excluding steroid dienone is 1. The first-order valence-corrected chi connectivity index (χ1v) is 3.83. The zero-order valence-electron chi connectivity index (χ0n) is 8.10. The Balaban J connectivity index is -0.000000126. The molecular formula is C8H17Cl2NO. The quantitative estimate of drug-likeness (QED) is 0.316. The molecule has 4 heteroatoms. The summed E-state index contributed by atoms with van der Waals surface area (Å²) >= 11 is 4.71. The van der Waals surface area contributed by atoms with Crippen molar-refractivity contribution in [2.24, 2.45) is 0 Å². The molecule has 0 radical (unpaired) electrons. The zero-order chi connectivity index (χ0) is 9.49. The Morgan fingerprint density at radius 3 is 1.67 bits per heavy atom. The molecule has 0 spiro atoms. The van der Waals surface area contributed by atoms with Crippen LogP contribution in [0.3, 0.4) is 0 Å². The summed E-state index contributed by atoms with van der Waals surface area (Å²) in [6.45, 7) is 6.47. The van der Waals surface area contributed by atoms with Crippen LogP contribution < -0.4 is 12.4 Å². The fourth-order valence-corrected chi connectivity index (χ4v) is 0. The van der Waals surface area contributed by atoms with E-state index < -0.39 is 5.24 Å². The topological polar surface area (TPSA) is 17.1 Å². The third-order valence-electron chi connectivity index (χ3n) is 1.11. The van der Waals surface area contributed by atoms with Gasteiger partial charge in [0.1, 0.15) is 0 Å². The smallest absolute Gasteiger partial charge is 0.244 e. The van der Waals surface area contributed by atoms with Gasteiger partial charge in [0, 0.05) is 0 Å². The summed E-state index contributed by atoms with van der Waals surface area (Å²) in [7, 11) is 6.54. The van der Waals surface area contributed by atoms with Crippen molar-refractivity contribution >= 4 is 16.8 Å². The maximum Gasteiger partial charge on any atom is 0.244 e. The summed E-state index contributed by atoms with van der Waals surface area (Å²) in [6, 6.07) is 0. The van der Waals surface area contributed by atoms with Crippen LogP contribution in [0.15, 0.2) is 12.7 Å². The Kier molecular flexibility index (Phi) is 13.5. The Hall–Kier alpha value is -0.0500. The highest BCUT2D eigenvalue weighted by Gasteiger charge is 1.97. The van der Waals surface area contributed by atoms with Crippen LogP contribution in [0.4, 0.5) is 0 Å². The summed E-state index contributed by atoms with van der Waals surface area (Å²) in [4.78, 5) is 9.46. The van der Waals surface area contributed by atoms with Crippen molar-refractivity contribution in [2.75, 3.05) is 27.7 Å². The standard InChI is InChI=1S/C5H14N.C3H3ClO.ClH/c1-5-6(2,3)4;1-2-3(4)5;/h5H2,1-4H3;2H,1H2;1H/q+1;;/p-1. The highest BCUT2D eigenvalue weighted by Crippen LogP contribution is 1.83. The Morgan fingerprint density at radius 2 is 1.67 bits per heavy atom. The molecule has 0 aliphatic heterocycles. The second kappa shape index (κ2) is 9.04. The third kappa shape index (κ3) is 32.5. The maximum absolute atomic E-state index is 9.46. The van der Waals surface area contributed by atoms with E-state index in [0.29, 0.717) is 0 Å². The summed E-state index contributed by atoms with van der Waals surface area (Å²) in [5.41, 5.74) is 0. The van der Waals surface area contributed by atoms with Crippen LogP contribution >= 0.6 is 11.6 Å². The molecular weight excluding hydrogens is 197 g/mol. The van der Waals surface area contributed by atoms with Crippen molar-refractivity contribution in [3.8, 4) is 0 Å². The fourth-order valence-electron chi connectivity index (χ4n) is 0. The number of halogens is 2. The molecule has 0 rings (SSSR count). The minimum atomic E-state index is -0.509. The zero-order valence-corrected chi connectivity index (χ0v) is 9.61. The Bertz CT molecular complexity index is 130. The summed E-state index contributed by atoms with van der Waals surface area (Å²) in [5.74, 6) is 0. The summed E-state index contributed by atoms with van der Waals surface area (Å²) in [6.07, 6.45) is 1.04. The molecule has 0 aromatic rings. The van der Waals surface area contributed by atoms with E-state index in [9.17, 15) is 4.79 Å². The first-order chi connectivity index (χ1) is 4.83. The van der Waals surface area contributed by atoms with E-state index in [0.717, 1.165) is 10.6 Å². The van der Waals surface area contributed by atoms with E-state index in [4.69, 9.17) is 11.6 Å². The van der Waals surface area contributed by atoms with E-state index in [1.807, 2.05) is 0 Å². The van der Waals surface area contributed by atoms with Gasteiger partial charge in [-0.3, -0.25) is 4.79 Å². The molecule has 0 atom stereocenters. The van der Waals surface area contributed by atoms with Gasteiger partial charge in [-0.1, -0.05) is 6.58 Å². The average Bonchev–Trinajstić information content (AvgIpc) is 1.88. The van der Waals surface area contributed by atoms with Crippen molar-refractivity contribution in [1.82, 2.24) is 0 Å². The molecule has 0 aliphatic rings. The first-order valence-electron chi connectivity index (χ1n) is 3.46. The lowest BCUT2D eigenvalue weighted by molar-refractivity contribution is -0.868. The lowest BCUT2D eigenvalue weighted by Crippen LogP contribution is -3.00. The van der Waals surface area contributed by atoms with Crippen LogP contribution in [0.5, 0.6) is 0 Å². The van der Waals surface area contributed by atoms with Crippen LogP contribution in [0.2, 0.25) is 0 Å². The van der Waals surface area contributed by atoms with Gasteiger partial charge >= 0.3 is 0 Å². The molecule has 0 unspecified atom stereocenters. The molecule has 0 saturated carbocycles. The van der Waals surface area contributed by atoms with Gasteiger partial charge in [0.2, 0.25) is 5.24 Å². The fraction of sp³-hybridized carbons (Fsp3) is 0.625. The van der Waals surface area contributed by atoms with Gasteiger partial charge in [-0.05, 0) is 24.6 Å². The van der Waals surface area contributed by atoms with Gasteiger partial charge in [0.05, 0.1) is 27.7 Å². The largest absolute Gasteiger partial charge is 1.00 e. The van der Waals surface area contributed by atoms with Crippen molar-refractivity contribution in [2.45, 2.75) is 6.92 Å². The predicted molar refractivity (Wildman–Crippen MR) is 49.6 cm³/mol. The molecule has 0 saturated heterocycles. The lowest BCUT2D eigenvalue weighted by Gasteiger charge is -2.20. The van der Waals surface area contributed by atoms with Gasteiger partial charge in [-0.25, -0.2) is 0 Å². The highest BCUT2D eigenvalue weighted by molar-refractivity contribution is 6.66. The Morgan fingerprint density at radius 1 is 1.50 bits per heavy atom. The molecule has 0 fully saturated rings. The van der Waals surface area contributed by atoms with E-state index >= 15 is 0 Å². The number of quaternary nitrogens is 1. The predicted octanol–water partition coefficient (Wildman–Crippen LogP) is -1.35. The van der Waals surface area contributed by atoms with Crippen LogP contribution in [0.1, 0.15) is 6.92 Å². The van der Waals surface area contributed by atoms with Crippen LogP contribution in [-0.4, -0.2) is 37.4 Å². The van der Waals surface area contributed by atoms with Crippen molar-refractivity contribution in [3.63, 3.8) is 0 Å². The normalized spacial score (nSPS) is 8.75. The molecule has 0 aliphatic carbocycles. The number of carbonyl (C=O) groups is 1. The number of rotatable bonds is 2. The maximum atomic E-state index is 9.46. The third-order valence-corrected chi connectivity index (χ3v) is 1.26. The lowest BCUT2D eigenvalue weighted by atomic mass is 10.6. The van der Waals surface area contributed by atoms with Gasteiger partial charge in [-0.2, -0.15) is 0 Å². The number of hydrogen-bond acceptors (Lipinski definition) is 1. The summed E-state index contributed by atoms with van der Waals surface area (Å²) < 4.78 is 1.07. The number of nitrogens with zero attached hydrogens (tertiary/aromatic N) is 1. The second-order valence-electron chi connectivity index (χ2n) is 3.11. The van der Waals surface area contributed by atoms with E-state index in [1.54, 1.807) is 0 Å². The average molecular weight is 214 g/mol. The highest BCUT2D eigenvalue weighted by atomic mass is 35.5. The van der Waals surface area contributed by atoms with Gasteiger partial charge in [-0.15, -0.1) is 0 Å². The molecule has 0 heterocycles. The Labute approximate surface area is 86.2 Å². The first kappa shape index (κ1) is 17.9. The molecule has 0 aromatic heterocycles. The van der Waals surface area contributed by atoms with Crippen LogP contribution in [-0.2, 0) is 4.79 Å². The molecule has 74 valence electrons. The minimum absolute atomic E-state index is 0. The van der Waals surface area contributed by atoms with E-state index in [1.165, 1.54) is 6.54 Å². The second-order valence-corrected chi connectivity index (χ2v) is 3.49. The molecule has 0 N–H and O–H groups in total. The molecule has 0 amide bonds. The van der Waals surface area contributed by atoms with Gasteiger partial charge in [0.15, 0.2) is 0 Å². The molecule has 0 bridgehead atoms. The summed E-state index contributed by atoms with van der Waals surface area (Å²) in [5, 5.41) is -0.509. The number of hydrogen-bond donors (Lipinski definition) is 0.